The molecule has 6 aromatic rings. The Balaban J connectivity index is 1.02. The van der Waals surface area contributed by atoms with Crippen LogP contribution in [0.4, 0.5) is 0 Å². The quantitative estimate of drug-likeness (QED) is 0.0505. The van der Waals surface area contributed by atoms with Crippen molar-refractivity contribution in [3.63, 3.8) is 0 Å². The summed E-state index contributed by atoms with van der Waals surface area (Å²) in [5.74, 6) is 13.7. The molecule has 286 valence electrons. The van der Waals surface area contributed by atoms with Crippen LogP contribution >= 0.6 is 0 Å². The average molecular weight is 763 g/mol. The van der Waals surface area contributed by atoms with Crippen LogP contribution in [0, 0.1) is 37.5 Å². The molecular formula is C52H42O6. The van der Waals surface area contributed by atoms with Gasteiger partial charge in [0, 0.05) is 34.4 Å². The van der Waals surface area contributed by atoms with Gasteiger partial charge in [-0.3, -0.25) is 0 Å². The topological polar surface area (TPSA) is 71.1 Å². The van der Waals surface area contributed by atoms with Crippen LogP contribution in [0.5, 0.6) is 11.5 Å². The third-order valence-corrected chi connectivity index (χ3v) is 9.12. The summed E-state index contributed by atoms with van der Waals surface area (Å²) in [4.78, 5) is 22.3. The third kappa shape index (κ3) is 11.3. The van der Waals surface area contributed by atoms with Crippen LogP contribution in [0.1, 0.15) is 33.4 Å². The van der Waals surface area contributed by atoms with E-state index in [1.165, 1.54) is 11.1 Å². The maximum Gasteiger partial charge on any atom is 0.330 e. The lowest BCUT2D eigenvalue weighted by Crippen LogP contribution is -2.10. The summed E-state index contributed by atoms with van der Waals surface area (Å²) in [5.41, 5.74) is 12.7. The van der Waals surface area contributed by atoms with Gasteiger partial charge in [-0.05, 0) is 131 Å². The van der Waals surface area contributed by atoms with E-state index >= 15 is 0 Å². The molecule has 0 N–H and O–H groups in total. The molecule has 0 aliphatic carbocycles. The maximum atomic E-state index is 11.1. The average Bonchev–Trinajstić information content (AvgIpc) is 3.26. The molecule has 0 spiro atoms. The van der Waals surface area contributed by atoms with Gasteiger partial charge in [0.05, 0.1) is 0 Å². The Labute approximate surface area is 340 Å². The molecule has 0 fully saturated rings. The monoisotopic (exact) mass is 762 g/mol. The highest BCUT2D eigenvalue weighted by molar-refractivity contribution is 5.81. The normalized spacial score (nSPS) is 10.2. The standard InChI is InChI=1S/C52H42O6/c1-5-51(53)57-33-31-55-47-25-21-45(22-26-47)43-17-11-39(12-18-43)7-9-41-15-29-49(37(3)35-41)50-30-16-42(36-38(50)4)10-8-40-13-19-44(20-14-40)46-23-27-48(28-24-46)56-32-34-58-52(54)6-2/h5-6,11-30,35-36H,1-2,31-34H2,3-4H3. The Kier molecular flexibility index (Phi) is 13.7. The van der Waals surface area contributed by atoms with Crippen molar-refractivity contribution in [1.82, 2.24) is 0 Å². The number of rotatable bonds is 13. The molecule has 6 aromatic carbocycles. The smallest absolute Gasteiger partial charge is 0.330 e. The third-order valence-electron chi connectivity index (χ3n) is 9.12. The molecule has 0 radical (unpaired) electrons. The van der Waals surface area contributed by atoms with Gasteiger partial charge < -0.3 is 18.9 Å². The largest absolute Gasteiger partial charge is 0.490 e. The van der Waals surface area contributed by atoms with Gasteiger partial charge >= 0.3 is 11.9 Å². The van der Waals surface area contributed by atoms with Gasteiger partial charge in [0.2, 0.25) is 0 Å². The fourth-order valence-corrected chi connectivity index (χ4v) is 6.08. The lowest BCUT2D eigenvalue weighted by atomic mass is 9.94. The summed E-state index contributed by atoms with van der Waals surface area (Å²) >= 11 is 0. The molecule has 6 nitrogen and oxygen atoms in total. The molecule has 6 rings (SSSR count). The van der Waals surface area contributed by atoms with Crippen molar-refractivity contribution in [3.8, 4) is 68.6 Å². The van der Waals surface area contributed by atoms with E-state index in [2.05, 4.69) is 111 Å². The predicted molar refractivity (Wildman–Crippen MR) is 230 cm³/mol. The van der Waals surface area contributed by atoms with E-state index in [4.69, 9.17) is 18.9 Å². The summed E-state index contributed by atoms with van der Waals surface area (Å²) in [6, 6.07) is 44.6. The Hall–Kier alpha value is -7.54. The zero-order chi connectivity index (χ0) is 40.7. The first-order valence-electron chi connectivity index (χ1n) is 18.8. The van der Waals surface area contributed by atoms with Crippen molar-refractivity contribution in [3.05, 3.63) is 192 Å². The number of aryl methyl sites for hydroxylation is 2. The fraction of sp³-hybridized carbons (Fsp3) is 0.115. The molecule has 0 aromatic heterocycles. The van der Waals surface area contributed by atoms with Gasteiger partial charge in [0.25, 0.3) is 0 Å². The van der Waals surface area contributed by atoms with E-state index in [0.29, 0.717) is 11.5 Å². The highest BCUT2D eigenvalue weighted by atomic mass is 16.6. The molecule has 0 saturated heterocycles. The Morgan fingerprint density at radius 3 is 1.09 bits per heavy atom. The summed E-state index contributed by atoms with van der Waals surface area (Å²) in [6.07, 6.45) is 2.26. The number of benzene rings is 6. The van der Waals surface area contributed by atoms with Crippen LogP contribution in [-0.4, -0.2) is 38.4 Å². The predicted octanol–water partition coefficient (Wildman–Crippen LogP) is 10.3. The van der Waals surface area contributed by atoms with E-state index in [9.17, 15) is 9.59 Å². The molecule has 0 atom stereocenters. The zero-order valence-electron chi connectivity index (χ0n) is 32.5. The van der Waals surface area contributed by atoms with E-state index in [1.807, 2.05) is 72.8 Å². The second kappa shape index (κ2) is 19.9. The minimum Gasteiger partial charge on any atom is -0.490 e. The van der Waals surface area contributed by atoms with Crippen LogP contribution in [0.3, 0.4) is 0 Å². The molecule has 0 amide bonds. The molecule has 0 aliphatic heterocycles. The lowest BCUT2D eigenvalue weighted by Gasteiger charge is -2.10. The van der Waals surface area contributed by atoms with E-state index < -0.39 is 11.9 Å². The Morgan fingerprint density at radius 1 is 0.448 bits per heavy atom. The van der Waals surface area contributed by atoms with Crippen LogP contribution in [-0.2, 0) is 19.1 Å². The van der Waals surface area contributed by atoms with Crippen molar-refractivity contribution in [1.29, 1.82) is 0 Å². The van der Waals surface area contributed by atoms with Crippen molar-refractivity contribution in [2.75, 3.05) is 26.4 Å². The molecular weight excluding hydrogens is 721 g/mol. The molecule has 58 heavy (non-hydrogen) atoms. The van der Waals surface area contributed by atoms with Crippen LogP contribution in [0.15, 0.2) is 159 Å². The van der Waals surface area contributed by atoms with Crippen molar-refractivity contribution in [2.24, 2.45) is 0 Å². The van der Waals surface area contributed by atoms with Gasteiger partial charge in [-0.1, -0.05) is 97.5 Å². The zero-order valence-corrected chi connectivity index (χ0v) is 32.5. The van der Waals surface area contributed by atoms with Crippen LogP contribution in [0.25, 0.3) is 33.4 Å². The van der Waals surface area contributed by atoms with E-state index in [-0.39, 0.29) is 26.4 Å². The Morgan fingerprint density at radius 2 is 0.759 bits per heavy atom. The minimum atomic E-state index is -0.463. The number of hydrogen-bond donors (Lipinski definition) is 0. The van der Waals surface area contributed by atoms with Gasteiger partial charge in [-0.2, -0.15) is 0 Å². The molecule has 0 unspecified atom stereocenters. The second-order valence-electron chi connectivity index (χ2n) is 13.2. The molecule has 0 heterocycles. The minimum absolute atomic E-state index is 0.167. The van der Waals surface area contributed by atoms with E-state index in [1.54, 1.807) is 0 Å². The Bertz CT molecular complexity index is 2340. The van der Waals surface area contributed by atoms with Crippen molar-refractivity contribution >= 4 is 11.9 Å². The number of carbonyl (C=O) groups excluding carboxylic acids is 2. The number of carbonyl (C=O) groups is 2. The lowest BCUT2D eigenvalue weighted by molar-refractivity contribution is -0.139. The maximum absolute atomic E-state index is 11.1. The summed E-state index contributed by atoms with van der Waals surface area (Å²) in [5, 5.41) is 0. The second-order valence-corrected chi connectivity index (χ2v) is 13.2. The fourth-order valence-electron chi connectivity index (χ4n) is 6.08. The van der Waals surface area contributed by atoms with Crippen LogP contribution in [0.2, 0.25) is 0 Å². The van der Waals surface area contributed by atoms with E-state index in [0.717, 1.165) is 67.8 Å². The van der Waals surface area contributed by atoms with Gasteiger partial charge in [-0.25, -0.2) is 9.59 Å². The van der Waals surface area contributed by atoms with Crippen molar-refractivity contribution in [2.45, 2.75) is 13.8 Å². The number of ether oxygens (including phenoxy) is 4. The molecule has 0 aliphatic rings. The van der Waals surface area contributed by atoms with Crippen LogP contribution < -0.4 is 9.47 Å². The first-order chi connectivity index (χ1) is 28.3. The summed E-state index contributed by atoms with van der Waals surface area (Å²) in [6.45, 7) is 11.9. The molecule has 6 heteroatoms. The van der Waals surface area contributed by atoms with Gasteiger partial charge in [0.15, 0.2) is 0 Å². The van der Waals surface area contributed by atoms with Crippen molar-refractivity contribution < 1.29 is 28.5 Å². The van der Waals surface area contributed by atoms with Gasteiger partial charge in [-0.15, -0.1) is 0 Å². The van der Waals surface area contributed by atoms with Gasteiger partial charge in [0.1, 0.15) is 37.9 Å². The first-order valence-corrected chi connectivity index (χ1v) is 18.8. The summed E-state index contributed by atoms with van der Waals surface area (Å²) in [7, 11) is 0. The number of esters is 2. The first kappa shape index (κ1) is 40.1. The highest BCUT2D eigenvalue weighted by Gasteiger charge is 2.07. The molecule has 0 bridgehead atoms. The number of hydrogen-bond acceptors (Lipinski definition) is 6. The SMILES string of the molecule is C=CC(=O)OCCOc1ccc(-c2ccc(C#Cc3ccc(-c4ccc(C#Cc5ccc(-c6ccc(OCCOC(=O)C=C)cc6)cc5)cc4C)c(C)c3)cc2)cc1. The highest BCUT2D eigenvalue weighted by Crippen LogP contribution is 2.29. The summed E-state index contributed by atoms with van der Waals surface area (Å²) < 4.78 is 21.2. The molecule has 0 saturated carbocycles.